The first-order chi connectivity index (χ1) is 7.77. The van der Waals surface area contributed by atoms with Crippen LogP contribution in [-0.2, 0) is 0 Å². The molecule has 0 radical (unpaired) electrons. The third-order valence-electron chi connectivity index (χ3n) is 2.70. The Bertz CT molecular complexity index is 612. The molecule has 16 heavy (non-hydrogen) atoms. The van der Waals surface area contributed by atoms with Crippen LogP contribution in [0.3, 0.4) is 0 Å². The van der Waals surface area contributed by atoms with E-state index in [1.54, 1.807) is 0 Å². The first-order valence-electron chi connectivity index (χ1n) is 4.88. The number of H-pyrrole nitrogens is 2. The van der Waals surface area contributed by atoms with Crippen LogP contribution in [-0.4, -0.2) is 21.4 Å². The fourth-order valence-electron chi connectivity index (χ4n) is 1.96. The minimum atomic E-state index is -0.240. The fraction of sp³-hybridized carbons (Fsp3) is 0.200. The van der Waals surface area contributed by atoms with Gasteiger partial charge >= 0.3 is 5.69 Å². The van der Waals surface area contributed by atoms with Gasteiger partial charge in [-0.25, -0.2) is 9.89 Å². The molecule has 0 bridgehead atoms. The normalized spacial score (nSPS) is 18.1. The standard InChI is InChI=1S/C10H9N3O2S/c14-9-11-12-10(16)13(9)7-5-15-8-4-2-1-3-6(7)8/h1-4,7H,5H2,(H,11,14)(H,12,16). The Morgan fingerprint density at radius 3 is 2.94 bits per heavy atom. The third kappa shape index (κ3) is 1.23. The van der Waals surface area contributed by atoms with E-state index in [-0.39, 0.29) is 11.7 Å². The summed E-state index contributed by atoms with van der Waals surface area (Å²) in [5.41, 5.74) is 0.749. The van der Waals surface area contributed by atoms with Crippen LogP contribution in [0.15, 0.2) is 29.1 Å². The molecule has 0 saturated heterocycles. The minimum absolute atomic E-state index is 0.140. The molecule has 0 fully saturated rings. The second kappa shape index (κ2) is 3.34. The van der Waals surface area contributed by atoms with Crippen LogP contribution in [0, 0.1) is 4.77 Å². The van der Waals surface area contributed by atoms with E-state index in [4.69, 9.17) is 17.0 Å². The van der Waals surface area contributed by atoms with E-state index in [1.807, 2.05) is 24.3 Å². The third-order valence-corrected chi connectivity index (χ3v) is 3.00. The molecule has 6 heteroatoms. The summed E-state index contributed by atoms with van der Waals surface area (Å²) in [5, 5.41) is 5.10. The van der Waals surface area contributed by atoms with E-state index in [2.05, 4.69) is 10.2 Å². The highest BCUT2D eigenvalue weighted by Gasteiger charge is 2.27. The molecule has 2 heterocycles. The Balaban J connectivity index is 2.19. The van der Waals surface area contributed by atoms with Gasteiger partial charge in [0.05, 0.1) is 0 Å². The molecule has 1 aliphatic heterocycles. The quantitative estimate of drug-likeness (QED) is 0.730. The van der Waals surface area contributed by atoms with Gasteiger partial charge < -0.3 is 4.74 Å². The van der Waals surface area contributed by atoms with Gasteiger partial charge in [0.15, 0.2) is 4.77 Å². The Kier molecular flexibility index (Phi) is 1.97. The zero-order chi connectivity index (χ0) is 11.1. The number of aromatic nitrogens is 3. The van der Waals surface area contributed by atoms with E-state index in [0.29, 0.717) is 11.4 Å². The number of ether oxygens (including phenoxy) is 1. The van der Waals surface area contributed by atoms with Gasteiger partial charge in [-0.1, -0.05) is 18.2 Å². The van der Waals surface area contributed by atoms with Gasteiger partial charge in [-0.2, -0.15) is 0 Å². The number of fused-ring (bicyclic) bond motifs is 1. The highest BCUT2D eigenvalue weighted by molar-refractivity contribution is 7.71. The van der Waals surface area contributed by atoms with Crippen molar-refractivity contribution in [3.05, 3.63) is 45.1 Å². The van der Waals surface area contributed by atoms with Crippen LogP contribution in [0.4, 0.5) is 0 Å². The molecule has 1 atom stereocenters. The highest BCUT2D eigenvalue weighted by atomic mass is 32.1. The predicted molar refractivity (Wildman–Crippen MR) is 60.3 cm³/mol. The Hall–Kier alpha value is -1.82. The molecule has 5 nitrogen and oxygen atoms in total. The van der Waals surface area contributed by atoms with Crippen molar-refractivity contribution in [3.63, 3.8) is 0 Å². The summed E-state index contributed by atoms with van der Waals surface area (Å²) in [6, 6.07) is 7.52. The molecule has 1 aromatic carbocycles. The van der Waals surface area contributed by atoms with Crippen molar-refractivity contribution in [2.75, 3.05) is 6.61 Å². The smallest absolute Gasteiger partial charge is 0.343 e. The topological polar surface area (TPSA) is 62.8 Å². The van der Waals surface area contributed by atoms with Crippen molar-refractivity contribution in [1.29, 1.82) is 0 Å². The maximum absolute atomic E-state index is 11.6. The van der Waals surface area contributed by atoms with E-state index in [1.165, 1.54) is 4.57 Å². The number of hydrogen-bond acceptors (Lipinski definition) is 3. The van der Waals surface area contributed by atoms with Crippen molar-refractivity contribution in [2.45, 2.75) is 6.04 Å². The average Bonchev–Trinajstić information content (AvgIpc) is 2.83. The lowest BCUT2D eigenvalue weighted by Gasteiger charge is -2.07. The van der Waals surface area contributed by atoms with Crippen LogP contribution in [0.5, 0.6) is 5.75 Å². The van der Waals surface area contributed by atoms with E-state index in [9.17, 15) is 4.79 Å². The number of rotatable bonds is 1. The summed E-state index contributed by atoms with van der Waals surface area (Å²) in [7, 11) is 0. The average molecular weight is 235 g/mol. The van der Waals surface area contributed by atoms with Crippen LogP contribution in [0.2, 0.25) is 0 Å². The molecule has 0 aliphatic carbocycles. The van der Waals surface area contributed by atoms with Gasteiger partial charge in [0, 0.05) is 5.56 Å². The van der Waals surface area contributed by atoms with Gasteiger partial charge in [0.25, 0.3) is 0 Å². The van der Waals surface area contributed by atoms with Gasteiger partial charge in [0.1, 0.15) is 18.4 Å². The lowest BCUT2D eigenvalue weighted by atomic mass is 10.1. The Morgan fingerprint density at radius 1 is 1.38 bits per heavy atom. The van der Waals surface area contributed by atoms with Crippen molar-refractivity contribution in [1.82, 2.24) is 14.8 Å². The molecule has 3 rings (SSSR count). The predicted octanol–water partition coefficient (Wildman–Crippen LogP) is 1.22. The summed E-state index contributed by atoms with van der Waals surface area (Å²) in [4.78, 5) is 11.6. The SMILES string of the molecule is O=c1[nH][nH]c(=S)n1C1COc2ccccc21. The van der Waals surface area contributed by atoms with Gasteiger partial charge in [-0.05, 0) is 18.3 Å². The number of nitrogens with zero attached hydrogens (tertiary/aromatic N) is 1. The van der Waals surface area contributed by atoms with Crippen LogP contribution < -0.4 is 10.4 Å². The summed E-state index contributed by atoms with van der Waals surface area (Å²) < 4.78 is 7.40. The molecule has 82 valence electrons. The Labute approximate surface area is 95.7 Å². The van der Waals surface area contributed by atoms with Crippen LogP contribution in [0.25, 0.3) is 0 Å². The van der Waals surface area contributed by atoms with E-state index in [0.717, 1.165) is 11.3 Å². The number of para-hydroxylation sites is 1. The first kappa shape index (κ1) is 9.41. The largest absolute Gasteiger partial charge is 0.491 e. The van der Waals surface area contributed by atoms with E-state index >= 15 is 0 Å². The summed E-state index contributed by atoms with van der Waals surface area (Å²) in [6.07, 6.45) is 0. The Morgan fingerprint density at radius 2 is 2.19 bits per heavy atom. The molecule has 0 amide bonds. The van der Waals surface area contributed by atoms with Crippen molar-refractivity contribution in [3.8, 4) is 5.75 Å². The second-order valence-electron chi connectivity index (χ2n) is 3.59. The molecular weight excluding hydrogens is 226 g/mol. The molecule has 2 N–H and O–H groups in total. The molecule has 0 saturated carbocycles. The maximum Gasteiger partial charge on any atom is 0.343 e. The molecule has 0 spiro atoms. The van der Waals surface area contributed by atoms with Crippen LogP contribution >= 0.6 is 12.2 Å². The highest BCUT2D eigenvalue weighted by Crippen LogP contribution is 2.33. The molecule has 1 aliphatic rings. The van der Waals surface area contributed by atoms with Crippen molar-refractivity contribution < 1.29 is 4.74 Å². The lowest BCUT2D eigenvalue weighted by Crippen LogP contribution is -2.24. The fourth-order valence-corrected chi connectivity index (χ4v) is 2.22. The number of aromatic amines is 2. The minimum Gasteiger partial charge on any atom is -0.491 e. The van der Waals surface area contributed by atoms with Gasteiger partial charge in [0.2, 0.25) is 0 Å². The van der Waals surface area contributed by atoms with Crippen molar-refractivity contribution >= 4 is 12.2 Å². The second-order valence-corrected chi connectivity index (χ2v) is 3.98. The summed E-state index contributed by atoms with van der Waals surface area (Å²) in [6.45, 7) is 0.439. The number of nitrogens with one attached hydrogen (secondary N) is 2. The summed E-state index contributed by atoms with van der Waals surface area (Å²) in [5.74, 6) is 0.815. The molecule has 1 aromatic heterocycles. The van der Waals surface area contributed by atoms with E-state index < -0.39 is 0 Å². The van der Waals surface area contributed by atoms with Gasteiger partial charge in [-0.15, -0.1) is 0 Å². The number of benzene rings is 1. The maximum atomic E-state index is 11.6. The molecular formula is C10H9N3O2S. The lowest BCUT2D eigenvalue weighted by molar-refractivity contribution is 0.313. The first-order valence-corrected chi connectivity index (χ1v) is 5.29. The van der Waals surface area contributed by atoms with Crippen LogP contribution in [0.1, 0.15) is 11.6 Å². The monoisotopic (exact) mass is 235 g/mol. The zero-order valence-electron chi connectivity index (χ0n) is 8.27. The zero-order valence-corrected chi connectivity index (χ0v) is 9.08. The van der Waals surface area contributed by atoms with Gasteiger partial charge in [-0.3, -0.25) is 9.67 Å². The molecule has 1 unspecified atom stereocenters. The number of hydrogen-bond donors (Lipinski definition) is 2. The summed E-state index contributed by atoms with van der Waals surface area (Å²) >= 11 is 5.06. The van der Waals surface area contributed by atoms with Crippen molar-refractivity contribution in [2.24, 2.45) is 0 Å². The molecule has 2 aromatic rings.